The number of hydrogen-bond acceptors (Lipinski definition) is 5. The van der Waals surface area contributed by atoms with Crippen molar-refractivity contribution in [3.63, 3.8) is 0 Å². The van der Waals surface area contributed by atoms with E-state index in [0.29, 0.717) is 30.9 Å². The normalized spacial score (nSPS) is 17.8. The van der Waals surface area contributed by atoms with Crippen LogP contribution in [0.4, 0.5) is 11.4 Å². The molecule has 7 heteroatoms. The van der Waals surface area contributed by atoms with Crippen molar-refractivity contribution in [3.05, 3.63) is 33.9 Å². The van der Waals surface area contributed by atoms with Crippen LogP contribution in [0.25, 0.3) is 0 Å². The number of rotatable bonds is 5. The van der Waals surface area contributed by atoms with E-state index in [1.54, 1.807) is 24.1 Å². The summed E-state index contributed by atoms with van der Waals surface area (Å²) < 4.78 is 5.23. The summed E-state index contributed by atoms with van der Waals surface area (Å²) in [4.78, 5) is 24.7. The number of carbonyl (C=O) groups is 1. The topological polar surface area (TPSA) is 84.7 Å². The molecular formula is C14H19N3O4. The van der Waals surface area contributed by atoms with Gasteiger partial charge in [-0.25, -0.2) is 0 Å². The summed E-state index contributed by atoms with van der Waals surface area (Å²) in [6.45, 7) is 3.58. The molecule has 0 bridgehead atoms. The summed E-state index contributed by atoms with van der Waals surface area (Å²) in [6, 6.07) is 4.53. The number of hydrogen-bond donors (Lipinski definition) is 1. The molecule has 2 rings (SSSR count). The molecule has 1 aliphatic rings. The van der Waals surface area contributed by atoms with E-state index in [-0.39, 0.29) is 17.7 Å². The van der Waals surface area contributed by atoms with Gasteiger partial charge in [-0.05, 0) is 25.5 Å². The Kier molecular flexibility index (Phi) is 4.74. The van der Waals surface area contributed by atoms with Gasteiger partial charge in [-0.3, -0.25) is 14.9 Å². The number of likely N-dealkylation sites (tertiary alicyclic amines) is 1. The fraction of sp³-hybridized carbons (Fsp3) is 0.500. The molecule has 0 aliphatic carbocycles. The highest BCUT2D eigenvalue weighted by Gasteiger charge is 2.28. The van der Waals surface area contributed by atoms with Crippen molar-refractivity contribution in [1.82, 2.24) is 4.90 Å². The average molecular weight is 293 g/mol. The first-order chi connectivity index (χ1) is 10.1. The van der Waals surface area contributed by atoms with Gasteiger partial charge in [-0.1, -0.05) is 0 Å². The van der Waals surface area contributed by atoms with Gasteiger partial charge in [0, 0.05) is 38.4 Å². The zero-order chi connectivity index (χ0) is 15.4. The molecule has 0 spiro atoms. The number of nitro groups is 1. The summed E-state index contributed by atoms with van der Waals surface area (Å²) in [5.74, 6) is -0.194. The highest BCUT2D eigenvalue weighted by molar-refractivity contribution is 5.96. The van der Waals surface area contributed by atoms with Crippen molar-refractivity contribution in [2.45, 2.75) is 19.4 Å². The number of nitrogens with zero attached hydrogens (tertiary/aromatic N) is 2. The molecule has 1 amide bonds. The van der Waals surface area contributed by atoms with Gasteiger partial charge in [0.25, 0.3) is 11.6 Å². The van der Waals surface area contributed by atoms with Gasteiger partial charge < -0.3 is 15.0 Å². The second kappa shape index (κ2) is 6.53. The fourth-order valence-corrected chi connectivity index (χ4v) is 2.44. The van der Waals surface area contributed by atoms with E-state index in [4.69, 9.17) is 4.74 Å². The Hall–Kier alpha value is -2.15. The van der Waals surface area contributed by atoms with Crippen molar-refractivity contribution in [3.8, 4) is 0 Å². The van der Waals surface area contributed by atoms with E-state index in [9.17, 15) is 14.9 Å². The first-order valence-electron chi connectivity index (χ1n) is 6.91. The number of nitrogens with one attached hydrogen (secondary N) is 1. The first-order valence-corrected chi connectivity index (χ1v) is 6.91. The van der Waals surface area contributed by atoms with Gasteiger partial charge >= 0.3 is 0 Å². The third-order valence-corrected chi connectivity index (χ3v) is 3.57. The fourth-order valence-electron chi connectivity index (χ4n) is 2.44. The van der Waals surface area contributed by atoms with E-state index < -0.39 is 4.92 Å². The number of methoxy groups -OCH3 is 1. The molecule has 1 fully saturated rings. The summed E-state index contributed by atoms with van der Waals surface area (Å²) in [7, 11) is 1.62. The lowest BCUT2D eigenvalue weighted by Gasteiger charge is -2.16. The van der Waals surface area contributed by atoms with Crippen LogP contribution in [0.2, 0.25) is 0 Å². The Balaban J connectivity index is 2.22. The van der Waals surface area contributed by atoms with Gasteiger partial charge in [0.1, 0.15) is 5.69 Å². The molecule has 114 valence electrons. The van der Waals surface area contributed by atoms with Crippen LogP contribution < -0.4 is 5.32 Å². The predicted octanol–water partition coefficient (Wildman–Crippen LogP) is 1.89. The minimum Gasteiger partial charge on any atom is -0.380 e. The quantitative estimate of drug-likeness (QED) is 0.662. The van der Waals surface area contributed by atoms with Crippen molar-refractivity contribution in [1.29, 1.82) is 0 Å². The number of benzene rings is 1. The van der Waals surface area contributed by atoms with Crippen LogP contribution in [0, 0.1) is 10.1 Å². The van der Waals surface area contributed by atoms with Crippen LogP contribution in [0.15, 0.2) is 18.2 Å². The van der Waals surface area contributed by atoms with E-state index in [1.165, 1.54) is 6.07 Å². The Morgan fingerprint density at radius 3 is 2.90 bits per heavy atom. The van der Waals surface area contributed by atoms with Crippen LogP contribution in [-0.4, -0.2) is 48.6 Å². The molecule has 21 heavy (non-hydrogen) atoms. The van der Waals surface area contributed by atoms with Crippen LogP contribution in [0.1, 0.15) is 23.7 Å². The minimum absolute atomic E-state index is 0.0463. The molecule has 1 aromatic rings. The van der Waals surface area contributed by atoms with Crippen LogP contribution in [0.5, 0.6) is 0 Å². The Morgan fingerprint density at radius 2 is 2.33 bits per heavy atom. The standard InChI is InChI=1S/C14H19N3O4/c1-3-15-12-5-4-10(8-13(12)17(19)20)14(18)16-7-6-11(9-16)21-2/h4-5,8,11,15H,3,6-7,9H2,1-2H3. The molecule has 1 N–H and O–H groups in total. The number of ether oxygens (including phenoxy) is 1. The van der Waals surface area contributed by atoms with Gasteiger partial charge in [-0.15, -0.1) is 0 Å². The largest absolute Gasteiger partial charge is 0.380 e. The average Bonchev–Trinajstić information content (AvgIpc) is 2.96. The third kappa shape index (κ3) is 3.30. The summed E-state index contributed by atoms with van der Waals surface area (Å²) >= 11 is 0. The Morgan fingerprint density at radius 1 is 1.57 bits per heavy atom. The number of nitro benzene ring substituents is 1. The zero-order valence-corrected chi connectivity index (χ0v) is 12.2. The third-order valence-electron chi connectivity index (χ3n) is 3.57. The smallest absolute Gasteiger partial charge is 0.293 e. The molecule has 0 saturated carbocycles. The molecule has 1 unspecified atom stereocenters. The number of anilines is 1. The highest BCUT2D eigenvalue weighted by Crippen LogP contribution is 2.26. The molecule has 1 aromatic carbocycles. The van der Waals surface area contributed by atoms with E-state index in [2.05, 4.69) is 5.32 Å². The first kappa shape index (κ1) is 15.2. The number of amides is 1. The molecule has 0 aromatic heterocycles. The van der Waals surface area contributed by atoms with Crippen molar-refractivity contribution in [2.75, 3.05) is 32.1 Å². The molecule has 1 saturated heterocycles. The highest BCUT2D eigenvalue weighted by atomic mass is 16.6. The predicted molar refractivity (Wildman–Crippen MR) is 78.6 cm³/mol. The lowest BCUT2D eigenvalue weighted by Crippen LogP contribution is -2.30. The zero-order valence-electron chi connectivity index (χ0n) is 12.2. The Labute approximate surface area is 123 Å². The van der Waals surface area contributed by atoms with Gasteiger partial charge in [0.2, 0.25) is 0 Å². The van der Waals surface area contributed by atoms with Gasteiger partial charge in [0.15, 0.2) is 0 Å². The summed E-state index contributed by atoms with van der Waals surface area (Å²) in [5.41, 5.74) is 0.681. The molecular weight excluding hydrogens is 274 g/mol. The SMILES string of the molecule is CCNc1ccc(C(=O)N2CCC(OC)C2)cc1[N+](=O)[O-]. The number of carbonyl (C=O) groups excluding carboxylic acids is 1. The van der Waals surface area contributed by atoms with Gasteiger partial charge in [-0.2, -0.15) is 0 Å². The maximum atomic E-state index is 12.4. The summed E-state index contributed by atoms with van der Waals surface area (Å²) in [5, 5.41) is 14.0. The van der Waals surface area contributed by atoms with Crippen molar-refractivity contribution in [2.24, 2.45) is 0 Å². The van der Waals surface area contributed by atoms with Crippen molar-refractivity contribution < 1.29 is 14.5 Å². The van der Waals surface area contributed by atoms with Crippen LogP contribution >= 0.6 is 0 Å². The van der Waals surface area contributed by atoms with E-state index in [1.807, 2.05) is 6.92 Å². The molecule has 0 radical (unpaired) electrons. The molecule has 1 aliphatic heterocycles. The Bertz CT molecular complexity index is 547. The van der Waals surface area contributed by atoms with E-state index >= 15 is 0 Å². The van der Waals surface area contributed by atoms with Crippen molar-refractivity contribution >= 4 is 17.3 Å². The van der Waals surface area contributed by atoms with Crippen LogP contribution in [0.3, 0.4) is 0 Å². The second-order valence-electron chi connectivity index (χ2n) is 4.92. The van der Waals surface area contributed by atoms with Crippen LogP contribution in [-0.2, 0) is 4.74 Å². The monoisotopic (exact) mass is 293 g/mol. The van der Waals surface area contributed by atoms with E-state index in [0.717, 1.165) is 6.42 Å². The van der Waals surface area contributed by atoms with Gasteiger partial charge in [0.05, 0.1) is 11.0 Å². The molecule has 1 atom stereocenters. The maximum Gasteiger partial charge on any atom is 0.293 e. The molecule has 7 nitrogen and oxygen atoms in total. The minimum atomic E-state index is -0.475. The molecule has 1 heterocycles. The lowest BCUT2D eigenvalue weighted by molar-refractivity contribution is -0.384. The maximum absolute atomic E-state index is 12.4. The second-order valence-corrected chi connectivity index (χ2v) is 4.92. The lowest BCUT2D eigenvalue weighted by atomic mass is 10.1. The summed E-state index contributed by atoms with van der Waals surface area (Å²) in [6.07, 6.45) is 0.838.